The lowest BCUT2D eigenvalue weighted by molar-refractivity contribution is 0.150. The lowest BCUT2D eigenvalue weighted by Gasteiger charge is -2.14. The molecule has 0 saturated heterocycles. The van der Waals surface area contributed by atoms with Crippen LogP contribution >= 0.6 is 0 Å². The lowest BCUT2D eigenvalue weighted by Crippen LogP contribution is -2.16. The Kier molecular flexibility index (Phi) is 31.9. The van der Waals surface area contributed by atoms with Gasteiger partial charge in [-0.1, -0.05) is 166 Å². The van der Waals surface area contributed by atoms with E-state index in [1.807, 2.05) is 0 Å². The van der Waals surface area contributed by atoms with Crippen LogP contribution in [0.2, 0.25) is 0 Å². The van der Waals surface area contributed by atoms with Crippen LogP contribution in [0.4, 0.5) is 0 Å². The monoisotopic (exact) mass is 559 g/mol. The molecule has 0 aromatic carbocycles. The van der Waals surface area contributed by atoms with E-state index in [1.54, 1.807) is 0 Å². The molecule has 38 heavy (non-hydrogen) atoms. The minimum absolute atomic E-state index is 0.224. The highest BCUT2D eigenvalue weighted by molar-refractivity contribution is 7.91. The fourth-order valence-electron chi connectivity index (χ4n) is 5.44. The molecule has 0 bridgehead atoms. The van der Waals surface area contributed by atoms with Gasteiger partial charge in [0.15, 0.2) is 0 Å². The molecule has 0 fully saturated rings. The van der Waals surface area contributed by atoms with E-state index in [0.717, 1.165) is 51.4 Å². The van der Waals surface area contributed by atoms with E-state index in [4.69, 9.17) is 0 Å². The fourth-order valence-corrected chi connectivity index (χ4v) is 6.62. The van der Waals surface area contributed by atoms with Crippen LogP contribution < -0.4 is 0 Å². The summed E-state index contributed by atoms with van der Waals surface area (Å²) in [6.07, 6.45) is 34.0. The molecule has 2 atom stereocenters. The third kappa shape index (κ3) is 30.8. The van der Waals surface area contributed by atoms with Gasteiger partial charge in [0.2, 0.25) is 0 Å². The molecule has 2 N–H and O–H groups in total. The van der Waals surface area contributed by atoms with Gasteiger partial charge in [0.1, 0.15) is 11.5 Å². The molecular formula is C34H70O3S. The predicted octanol–water partition coefficient (Wildman–Crippen LogP) is 10.4. The summed E-state index contributed by atoms with van der Waals surface area (Å²) in [4.78, 5) is 0. The summed E-state index contributed by atoms with van der Waals surface area (Å²) in [6, 6.07) is 0. The van der Waals surface area contributed by atoms with Gasteiger partial charge in [-0.2, -0.15) is 0 Å². The first-order valence-electron chi connectivity index (χ1n) is 17.3. The fraction of sp³-hybridized carbons (Fsp3) is 1.00. The minimum Gasteiger partial charge on any atom is -0.616 e. The van der Waals surface area contributed by atoms with E-state index in [0.29, 0.717) is 11.5 Å². The molecular weight excluding hydrogens is 488 g/mol. The first-order valence-corrected chi connectivity index (χ1v) is 18.8. The van der Waals surface area contributed by atoms with Crippen LogP contribution in [0.5, 0.6) is 0 Å². The van der Waals surface area contributed by atoms with Crippen molar-refractivity contribution in [1.82, 2.24) is 0 Å². The van der Waals surface area contributed by atoms with Gasteiger partial charge in [-0.3, -0.25) is 0 Å². The maximum absolute atomic E-state index is 12.3. The molecule has 0 radical (unpaired) electrons. The molecule has 0 aromatic rings. The second-order valence-electron chi connectivity index (χ2n) is 12.1. The van der Waals surface area contributed by atoms with Crippen molar-refractivity contribution in [1.29, 1.82) is 0 Å². The van der Waals surface area contributed by atoms with Crippen molar-refractivity contribution in [2.45, 2.75) is 206 Å². The van der Waals surface area contributed by atoms with Crippen molar-refractivity contribution in [2.75, 3.05) is 11.5 Å². The highest BCUT2D eigenvalue weighted by Crippen LogP contribution is 2.16. The van der Waals surface area contributed by atoms with Crippen LogP contribution in [0.3, 0.4) is 0 Å². The molecule has 0 saturated carbocycles. The van der Waals surface area contributed by atoms with Crippen LogP contribution in [0, 0.1) is 0 Å². The largest absolute Gasteiger partial charge is 0.616 e. The van der Waals surface area contributed by atoms with E-state index >= 15 is 0 Å². The Labute approximate surface area is 242 Å². The zero-order valence-electron chi connectivity index (χ0n) is 26.1. The predicted molar refractivity (Wildman–Crippen MR) is 171 cm³/mol. The van der Waals surface area contributed by atoms with E-state index in [-0.39, 0.29) is 12.2 Å². The molecule has 0 aliphatic carbocycles. The first kappa shape index (κ1) is 38.2. The number of aliphatic hydroxyl groups excluding tert-OH is 2. The van der Waals surface area contributed by atoms with Gasteiger partial charge in [0, 0.05) is 0 Å². The Morgan fingerprint density at radius 2 is 0.632 bits per heavy atom. The quantitative estimate of drug-likeness (QED) is 0.0637. The van der Waals surface area contributed by atoms with Gasteiger partial charge in [-0.25, -0.2) is 0 Å². The molecule has 0 amide bonds. The summed E-state index contributed by atoms with van der Waals surface area (Å²) in [5.41, 5.74) is 0. The van der Waals surface area contributed by atoms with Crippen molar-refractivity contribution in [2.24, 2.45) is 0 Å². The van der Waals surface area contributed by atoms with E-state index in [9.17, 15) is 14.8 Å². The highest BCUT2D eigenvalue weighted by atomic mass is 32.2. The highest BCUT2D eigenvalue weighted by Gasteiger charge is 2.11. The van der Waals surface area contributed by atoms with Crippen molar-refractivity contribution in [3.63, 3.8) is 0 Å². The molecule has 0 heterocycles. The smallest absolute Gasteiger partial charge is 0.105 e. The maximum Gasteiger partial charge on any atom is 0.105 e. The molecule has 230 valence electrons. The summed E-state index contributed by atoms with van der Waals surface area (Å²) < 4.78 is 12.3. The third-order valence-corrected chi connectivity index (χ3v) is 9.59. The standard InChI is InChI=1S/C34H70O3S/c1-3-5-7-9-11-13-15-17-19-21-23-27-33(35)29-25-31-38(37)32-26-30-34(36)28-24-22-20-18-16-14-12-10-8-6-4-2/h33-36H,3-32H2,1-2H3. The number of rotatable bonds is 32. The van der Waals surface area contributed by atoms with Crippen LogP contribution in [-0.4, -0.2) is 38.5 Å². The summed E-state index contributed by atoms with van der Waals surface area (Å²) in [5.74, 6) is 1.40. The molecule has 4 heteroatoms. The maximum atomic E-state index is 12.3. The molecule has 2 unspecified atom stereocenters. The van der Waals surface area contributed by atoms with Gasteiger partial charge in [-0.05, 0) is 38.5 Å². The average Bonchev–Trinajstić information content (AvgIpc) is 2.90. The van der Waals surface area contributed by atoms with Gasteiger partial charge in [-0.15, -0.1) is 0 Å². The summed E-state index contributed by atoms with van der Waals surface area (Å²) in [7, 11) is 0. The first-order chi connectivity index (χ1) is 18.6. The van der Waals surface area contributed by atoms with Crippen molar-refractivity contribution in [3.8, 4) is 0 Å². The van der Waals surface area contributed by atoms with Crippen LogP contribution in [-0.2, 0) is 11.2 Å². The van der Waals surface area contributed by atoms with Crippen LogP contribution in [0.1, 0.15) is 194 Å². The summed E-state index contributed by atoms with van der Waals surface area (Å²) in [5, 5.41) is 20.5. The van der Waals surface area contributed by atoms with Crippen molar-refractivity contribution >= 4 is 11.2 Å². The molecule has 3 nitrogen and oxygen atoms in total. The Balaban J connectivity index is 3.38. The van der Waals surface area contributed by atoms with E-state index < -0.39 is 11.2 Å². The number of hydrogen-bond donors (Lipinski definition) is 2. The molecule has 0 rings (SSSR count). The Hall–Kier alpha value is 0.230. The SMILES string of the molecule is CCCCCCCCCCCCCC(O)CCC[S+]([O-])CCCC(O)CCCCCCCCCCCCC. The zero-order valence-corrected chi connectivity index (χ0v) is 26.9. The topological polar surface area (TPSA) is 63.5 Å². The van der Waals surface area contributed by atoms with Crippen molar-refractivity contribution < 1.29 is 14.8 Å². The second kappa shape index (κ2) is 31.8. The Morgan fingerprint density at radius 3 is 0.921 bits per heavy atom. The lowest BCUT2D eigenvalue weighted by atomic mass is 10.0. The average molecular weight is 559 g/mol. The summed E-state index contributed by atoms with van der Waals surface area (Å²) in [6.45, 7) is 4.54. The Bertz CT molecular complexity index is 396. The van der Waals surface area contributed by atoms with Crippen LogP contribution in [0.15, 0.2) is 0 Å². The summed E-state index contributed by atoms with van der Waals surface area (Å²) >= 11 is -0.806. The third-order valence-electron chi connectivity index (χ3n) is 8.10. The number of unbranched alkanes of at least 4 members (excludes halogenated alkanes) is 20. The van der Waals surface area contributed by atoms with Gasteiger partial charge >= 0.3 is 0 Å². The normalized spacial score (nSPS) is 14.1. The van der Waals surface area contributed by atoms with Crippen molar-refractivity contribution in [3.05, 3.63) is 0 Å². The second-order valence-corrected chi connectivity index (χ2v) is 13.8. The zero-order chi connectivity index (χ0) is 27.9. The minimum atomic E-state index is -0.806. The van der Waals surface area contributed by atoms with Gasteiger partial charge in [0.05, 0.1) is 12.2 Å². The van der Waals surface area contributed by atoms with E-state index in [2.05, 4.69) is 13.8 Å². The molecule has 0 aliphatic heterocycles. The molecule has 0 aromatic heterocycles. The molecule has 0 spiro atoms. The van der Waals surface area contributed by atoms with Crippen LogP contribution in [0.25, 0.3) is 0 Å². The number of aliphatic hydroxyl groups is 2. The van der Waals surface area contributed by atoms with Gasteiger partial charge in [0.25, 0.3) is 0 Å². The van der Waals surface area contributed by atoms with Gasteiger partial charge < -0.3 is 14.8 Å². The number of hydrogen-bond acceptors (Lipinski definition) is 3. The Morgan fingerprint density at radius 1 is 0.395 bits per heavy atom. The van der Waals surface area contributed by atoms with E-state index in [1.165, 1.54) is 128 Å². The molecule has 0 aliphatic rings.